The van der Waals surface area contributed by atoms with Crippen molar-refractivity contribution < 1.29 is 16.8 Å². The van der Waals surface area contributed by atoms with Gasteiger partial charge in [-0.15, -0.1) is 0 Å². The SMILES string of the molecule is CCCS(=O)(=O)NCc1cccc(S(N)(=O)=O)c1. The van der Waals surface area contributed by atoms with Crippen LogP contribution in [-0.4, -0.2) is 22.6 Å². The lowest BCUT2D eigenvalue weighted by molar-refractivity contribution is 0.580. The minimum absolute atomic E-state index is 0.0327. The minimum atomic E-state index is -3.77. The molecule has 0 amide bonds. The van der Waals surface area contributed by atoms with Crippen LogP contribution in [0.3, 0.4) is 0 Å². The van der Waals surface area contributed by atoms with E-state index in [1.165, 1.54) is 18.2 Å². The molecule has 0 heterocycles. The van der Waals surface area contributed by atoms with Crippen LogP contribution in [0.2, 0.25) is 0 Å². The van der Waals surface area contributed by atoms with E-state index in [0.717, 1.165) is 0 Å². The molecule has 0 spiro atoms. The van der Waals surface area contributed by atoms with E-state index in [1.54, 1.807) is 13.0 Å². The summed E-state index contributed by atoms with van der Waals surface area (Å²) in [6.45, 7) is 1.81. The molecule has 0 fully saturated rings. The number of rotatable bonds is 6. The van der Waals surface area contributed by atoms with Crippen LogP contribution in [0.25, 0.3) is 0 Å². The van der Waals surface area contributed by atoms with Crippen LogP contribution in [0.4, 0.5) is 0 Å². The van der Waals surface area contributed by atoms with Gasteiger partial charge >= 0.3 is 0 Å². The minimum Gasteiger partial charge on any atom is -0.225 e. The normalized spacial score (nSPS) is 12.6. The van der Waals surface area contributed by atoms with E-state index >= 15 is 0 Å². The summed E-state index contributed by atoms with van der Waals surface area (Å²) in [6, 6.07) is 5.86. The molecule has 0 unspecified atom stereocenters. The van der Waals surface area contributed by atoms with Crippen molar-refractivity contribution in [2.24, 2.45) is 5.14 Å². The van der Waals surface area contributed by atoms with Crippen LogP contribution >= 0.6 is 0 Å². The molecule has 0 aromatic heterocycles. The van der Waals surface area contributed by atoms with Crippen LogP contribution in [0.5, 0.6) is 0 Å². The summed E-state index contributed by atoms with van der Waals surface area (Å²) in [4.78, 5) is -0.0327. The molecule has 0 aliphatic heterocycles. The van der Waals surface area contributed by atoms with Gasteiger partial charge in [-0.1, -0.05) is 19.1 Å². The second-order valence-corrected chi connectivity index (χ2v) is 7.32. The zero-order valence-corrected chi connectivity index (χ0v) is 11.6. The molecule has 1 aromatic carbocycles. The predicted octanol–water partition coefficient (Wildman–Crippen LogP) is 0.163. The van der Waals surface area contributed by atoms with Crippen LogP contribution < -0.4 is 9.86 Å². The number of primary sulfonamides is 1. The van der Waals surface area contributed by atoms with E-state index in [1.807, 2.05) is 0 Å². The smallest absolute Gasteiger partial charge is 0.225 e. The van der Waals surface area contributed by atoms with Gasteiger partial charge in [0, 0.05) is 6.54 Å². The van der Waals surface area contributed by atoms with Crippen molar-refractivity contribution >= 4 is 20.0 Å². The highest BCUT2D eigenvalue weighted by Gasteiger charge is 2.10. The quantitative estimate of drug-likeness (QED) is 0.779. The van der Waals surface area contributed by atoms with Crippen LogP contribution in [0, 0.1) is 0 Å². The van der Waals surface area contributed by atoms with Gasteiger partial charge in [0.2, 0.25) is 20.0 Å². The molecule has 0 saturated carbocycles. The molecule has 0 atom stereocenters. The van der Waals surface area contributed by atoms with Crippen molar-refractivity contribution in [3.05, 3.63) is 29.8 Å². The molecular formula is C10H16N2O4S2. The third kappa shape index (κ3) is 4.73. The van der Waals surface area contributed by atoms with E-state index in [9.17, 15) is 16.8 Å². The van der Waals surface area contributed by atoms with Crippen LogP contribution in [0.1, 0.15) is 18.9 Å². The first kappa shape index (κ1) is 15.1. The summed E-state index contributed by atoms with van der Waals surface area (Å²) < 4.78 is 47.5. The summed E-state index contributed by atoms with van der Waals surface area (Å²) in [5, 5.41) is 4.99. The first-order valence-electron chi connectivity index (χ1n) is 5.33. The monoisotopic (exact) mass is 292 g/mol. The molecule has 3 N–H and O–H groups in total. The molecule has 18 heavy (non-hydrogen) atoms. The summed E-state index contributed by atoms with van der Waals surface area (Å²) in [7, 11) is -7.08. The van der Waals surface area contributed by atoms with Gasteiger partial charge < -0.3 is 0 Å². The van der Waals surface area contributed by atoms with Crippen molar-refractivity contribution in [2.45, 2.75) is 24.8 Å². The lowest BCUT2D eigenvalue weighted by atomic mass is 10.2. The summed E-state index contributed by atoms with van der Waals surface area (Å²) >= 11 is 0. The summed E-state index contributed by atoms with van der Waals surface area (Å²) in [5.74, 6) is 0.0435. The van der Waals surface area contributed by atoms with Crippen molar-refractivity contribution in [3.63, 3.8) is 0 Å². The maximum Gasteiger partial charge on any atom is 0.238 e. The second kappa shape index (κ2) is 5.79. The average molecular weight is 292 g/mol. The standard InChI is InChI=1S/C10H16N2O4S2/c1-2-6-17(13,14)12-8-9-4-3-5-10(7-9)18(11,15)16/h3-5,7,12H,2,6,8H2,1H3,(H2,11,15,16). The zero-order valence-electron chi connectivity index (χ0n) is 9.96. The molecule has 0 bridgehead atoms. The summed E-state index contributed by atoms with van der Waals surface area (Å²) in [5.41, 5.74) is 0.543. The van der Waals surface area contributed by atoms with Gasteiger partial charge in [-0.3, -0.25) is 0 Å². The maximum atomic E-state index is 11.4. The first-order valence-corrected chi connectivity index (χ1v) is 8.53. The lowest BCUT2D eigenvalue weighted by Crippen LogP contribution is -2.25. The van der Waals surface area contributed by atoms with Gasteiger partial charge in [-0.25, -0.2) is 26.7 Å². The molecule has 1 aromatic rings. The number of sulfonamides is 2. The Hall–Kier alpha value is -0.960. The Morgan fingerprint density at radius 2 is 1.89 bits per heavy atom. The Labute approximate surface area is 107 Å². The van der Waals surface area contributed by atoms with Gasteiger partial charge in [0.1, 0.15) is 0 Å². The topological polar surface area (TPSA) is 106 Å². The van der Waals surface area contributed by atoms with Gasteiger partial charge in [-0.05, 0) is 24.1 Å². The highest BCUT2D eigenvalue weighted by atomic mass is 32.2. The molecule has 0 aliphatic rings. The molecule has 102 valence electrons. The Bertz CT molecular complexity index is 609. The van der Waals surface area contributed by atoms with Gasteiger partial charge in [0.15, 0.2) is 0 Å². The third-order valence-electron chi connectivity index (χ3n) is 2.20. The fraction of sp³-hybridized carbons (Fsp3) is 0.400. The van der Waals surface area contributed by atoms with E-state index in [4.69, 9.17) is 5.14 Å². The number of nitrogens with one attached hydrogen (secondary N) is 1. The van der Waals surface area contributed by atoms with Crippen molar-refractivity contribution in [1.29, 1.82) is 0 Å². The molecule has 0 saturated heterocycles. The number of hydrogen-bond donors (Lipinski definition) is 2. The molecular weight excluding hydrogens is 276 g/mol. The fourth-order valence-corrected chi connectivity index (χ4v) is 3.02. The maximum absolute atomic E-state index is 11.4. The molecule has 6 nitrogen and oxygen atoms in total. The van der Waals surface area contributed by atoms with E-state index in [-0.39, 0.29) is 17.2 Å². The number of benzene rings is 1. The molecule has 8 heteroatoms. The summed E-state index contributed by atoms with van der Waals surface area (Å²) in [6.07, 6.45) is 0.520. The van der Waals surface area contributed by atoms with Gasteiger partial charge in [0.25, 0.3) is 0 Å². The highest BCUT2D eigenvalue weighted by molar-refractivity contribution is 7.89. The van der Waals surface area contributed by atoms with E-state index in [2.05, 4.69) is 4.72 Å². The lowest BCUT2D eigenvalue weighted by Gasteiger charge is -2.06. The van der Waals surface area contributed by atoms with Gasteiger partial charge in [-0.2, -0.15) is 0 Å². The van der Waals surface area contributed by atoms with Crippen molar-refractivity contribution in [2.75, 3.05) is 5.75 Å². The van der Waals surface area contributed by atoms with Crippen molar-refractivity contribution in [1.82, 2.24) is 4.72 Å². The van der Waals surface area contributed by atoms with Crippen LogP contribution in [0.15, 0.2) is 29.2 Å². The average Bonchev–Trinajstić information content (AvgIpc) is 2.26. The zero-order chi connectivity index (χ0) is 13.8. The number of hydrogen-bond acceptors (Lipinski definition) is 4. The van der Waals surface area contributed by atoms with Gasteiger partial charge in [0.05, 0.1) is 10.6 Å². The van der Waals surface area contributed by atoms with Crippen LogP contribution in [-0.2, 0) is 26.6 Å². The first-order chi connectivity index (χ1) is 8.24. The molecule has 0 radical (unpaired) electrons. The predicted molar refractivity (Wildman–Crippen MR) is 68.7 cm³/mol. The largest absolute Gasteiger partial charge is 0.238 e. The second-order valence-electron chi connectivity index (χ2n) is 3.83. The Kier molecular flexibility index (Phi) is 4.85. The highest BCUT2D eigenvalue weighted by Crippen LogP contribution is 2.09. The fourth-order valence-electron chi connectivity index (χ4n) is 1.37. The Balaban J connectivity index is 2.82. The molecule has 0 aliphatic carbocycles. The third-order valence-corrected chi connectivity index (χ3v) is 4.64. The molecule has 1 rings (SSSR count). The Morgan fingerprint density at radius 1 is 1.22 bits per heavy atom. The van der Waals surface area contributed by atoms with E-state index < -0.39 is 20.0 Å². The number of nitrogens with two attached hydrogens (primary N) is 1. The Morgan fingerprint density at radius 3 is 2.44 bits per heavy atom. The van der Waals surface area contributed by atoms with Crippen molar-refractivity contribution in [3.8, 4) is 0 Å². The van der Waals surface area contributed by atoms with E-state index in [0.29, 0.717) is 12.0 Å².